The van der Waals surface area contributed by atoms with E-state index in [-0.39, 0.29) is 47.3 Å². The van der Waals surface area contributed by atoms with Crippen molar-refractivity contribution in [3.8, 4) is 34.5 Å². The Morgan fingerprint density at radius 3 is 1.89 bits per heavy atom. The third kappa shape index (κ3) is 4.47. The van der Waals surface area contributed by atoms with Crippen LogP contribution in [0, 0.1) is 19.3 Å². The molecule has 0 spiro atoms. The molecule has 12 heteroatoms. The van der Waals surface area contributed by atoms with Crippen LogP contribution in [0.2, 0.25) is 0 Å². The number of carbonyl (C=O) groups excluding carboxylic acids is 3. The van der Waals surface area contributed by atoms with E-state index in [4.69, 9.17) is 28.4 Å². The SMILES string of the molecule is COc1c(C)c(OC)c(OC)c2c1C[C@H]1C(=O)N3C(C(=O)c4c(O)c(C)c(OC)c(OC)c4[C@@H]3COC(=O)C(C)(C)C)C2N1C. The number of Topliss-reactive ketones (excluding diaryl/α,β-unsaturated/α-hetero) is 1. The molecule has 1 N–H and O–H groups in total. The van der Waals surface area contributed by atoms with Crippen LogP contribution in [0.25, 0.3) is 0 Å². The predicted octanol–water partition coefficient (Wildman–Crippen LogP) is 3.69. The highest BCUT2D eigenvalue weighted by atomic mass is 16.5. The fourth-order valence-electron chi connectivity index (χ4n) is 7.24. The topological polar surface area (TPSA) is 133 Å². The van der Waals surface area contributed by atoms with Gasteiger partial charge in [0.2, 0.25) is 5.91 Å². The number of carbonyl (C=O) groups is 3. The molecule has 4 atom stereocenters. The first-order valence-electron chi connectivity index (χ1n) is 14.8. The van der Waals surface area contributed by atoms with E-state index in [9.17, 15) is 19.5 Å². The van der Waals surface area contributed by atoms with Gasteiger partial charge in [0.15, 0.2) is 28.8 Å². The standard InChI is InChI=1S/C33H42N2O10/c1-14-24(36)21-20(30(44-11)27(14)41-8)18(13-45-32(39)33(3,4)5)35-23(25(21)37)22-19-16(12-17(31(35)38)34(22)6)26(40-7)15(2)28(42-9)29(19)43-10/h17-18,22-23,36H,12-13H2,1-11H3/t17-,18-,22?,23?/m0/s1. The summed E-state index contributed by atoms with van der Waals surface area (Å²) in [5, 5.41) is 11.6. The minimum Gasteiger partial charge on any atom is -0.507 e. The number of phenols is 1. The van der Waals surface area contributed by atoms with E-state index in [0.717, 1.165) is 5.56 Å². The lowest BCUT2D eigenvalue weighted by molar-refractivity contribution is -0.163. The number of hydrogen-bond donors (Lipinski definition) is 1. The van der Waals surface area contributed by atoms with Crippen molar-refractivity contribution in [1.29, 1.82) is 0 Å². The first-order chi connectivity index (χ1) is 21.2. The maximum Gasteiger partial charge on any atom is 0.311 e. The number of rotatable bonds is 7. The van der Waals surface area contributed by atoms with Gasteiger partial charge in [0.1, 0.15) is 24.1 Å². The number of likely N-dealkylation sites (N-methyl/N-ethyl adjacent to an activating group) is 1. The van der Waals surface area contributed by atoms with E-state index in [1.807, 2.05) is 11.8 Å². The van der Waals surface area contributed by atoms with Gasteiger partial charge in [-0.2, -0.15) is 0 Å². The first-order valence-corrected chi connectivity index (χ1v) is 14.8. The average molecular weight is 627 g/mol. The van der Waals surface area contributed by atoms with Crippen molar-refractivity contribution in [3.05, 3.63) is 33.4 Å². The number of piperazine rings is 1. The minimum absolute atomic E-state index is 0.0139. The fraction of sp³-hybridized carbons (Fsp3) is 0.545. The van der Waals surface area contributed by atoms with Gasteiger partial charge >= 0.3 is 5.97 Å². The molecule has 3 heterocycles. The molecule has 1 amide bonds. The van der Waals surface area contributed by atoms with E-state index in [0.29, 0.717) is 33.9 Å². The van der Waals surface area contributed by atoms with Gasteiger partial charge in [-0.05, 0) is 41.7 Å². The molecule has 0 saturated carbocycles. The highest BCUT2D eigenvalue weighted by Crippen LogP contribution is 2.58. The molecule has 2 aromatic rings. The summed E-state index contributed by atoms with van der Waals surface area (Å²) in [5.74, 6) is 0.211. The number of methoxy groups -OCH3 is 5. The summed E-state index contributed by atoms with van der Waals surface area (Å²) in [6.07, 6.45) is 0.268. The highest BCUT2D eigenvalue weighted by molar-refractivity contribution is 6.10. The van der Waals surface area contributed by atoms with Crippen LogP contribution in [0.5, 0.6) is 34.5 Å². The van der Waals surface area contributed by atoms with Crippen molar-refractivity contribution in [2.45, 2.75) is 65.2 Å². The summed E-state index contributed by atoms with van der Waals surface area (Å²) < 4.78 is 34.8. The van der Waals surface area contributed by atoms with Gasteiger partial charge in [0.25, 0.3) is 0 Å². The second kappa shape index (κ2) is 11.3. The van der Waals surface area contributed by atoms with Gasteiger partial charge in [-0.15, -0.1) is 0 Å². The van der Waals surface area contributed by atoms with Gasteiger partial charge in [0, 0.05) is 34.2 Å². The largest absolute Gasteiger partial charge is 0.507 e. The number of benzene rings is 2. The van der Waals surface area contributed by atoms with Crippen LogP contribution in [0.4, 0.5) is 0 Å². The van der Waals surface area contributed by atoms with Crippen molar-refractivity contribution < 1.29 is 47.9 Å². The zero-order valence-electron chi connectivity index (χ0n) is 27.7. The van der Waals surface area contributed by atoms with Gasteiger partial charge in [0.05, 0.1) is 64.7 Å². The van der Waals surface area contributed by atoms with Crippen LogP contribution < -0.4 is 23.7 Å². The highest BCUT2D eigenvalue weighted by Gasteiger charge is 2.60. The van der Waals surface area contributed by atoms with Crippen LogP contribution >= 0.6 is 0 Å². The van der Waals surface area contributed by atoms with Crippen molar-refractivity contribution in [2.75, 3.05) is 49.2 Å². The Hall–Kier alpha value is -4.19. The van der Waals surface area contributed by atoms with Crippen molar-refractivity contribution in [1.82, 2.24) is 9.80 Å². The Kier molecular flexibility index (Phi) is 8.10. The molecule has 3 aliphatic rings. The summed E-state index contributed by atoms with van der Waals surface area (Å²) in [6, 6.07) is -3.55. The summed E-state index contributed by atoms with van der Waals surface area (Å²) in [7, 11) is 9.26. The van der Waals surface area contributed by atoms with Crippen molar-refractivity contribution in [2.24, 2.45) is 5.41 Å². The minimum atomic E-state index is -1.14. The van der Waals surface area contributed by atoms with Gasteiger partial charge < -0.3 is 38.4 Å². The van der Waals surface area contributed by atoms with Crippen LogP contribution in [0.3, 0.4) is 0 Å². The predicted molar refractivity (Wildman–Crippen MR) is 163 cm³/mol. The number of amides is 1. The van der Waals surface area contributed by atoms with Crippen LogP contribution in [0.15, 0.2) is 0 Å². The number of aromatic hydroxyl groups is 1. The molecule has 2 unspecified atom stereocenters. The lowest BCUT2D eigenvalue weighted by Gasteiger charge is -2.56. The van der Waals surface area contributed by atoms with Crippen LogP contribution in [-0.4, -0.2) is 93.9 Å². The molecular weight excluding hydrogens is 584 g/mol. The van der Waals surface area contributed by atoms with E-state index in [1.54, 1.807) is 41.9 Å². The molecule has 12 nitrogen and oxygen atoms in total. The summed E-state index contributed by atoms with van der Waals surface area (Å²) in [6.45, 7) is 8.38. The van der Waals surface area contributed by atoms with Crippen LogP contribution in [-0.2, 0) is 20.7 Å². The molecule has 0 aliphatic carbocycles. The molecule has 0 radical (unpaired) electrons. The van der Waals surface area contributed by atoms with Gasteiger partial charge in [-0.3, -0.25) is 19.3 Å². The number of nitrogens with zero attached hydrogens (tertiary/aromatic N) is 2. The van der Waals surface area contributed by atoms with E-state index in [1.165, 1.54) is 33.3 Å². The third-order valence-corrected chi connectivity index (χ3v) is 9.34. The number of hydrogen-bond acceptors (Lipinski definition) is 11. The van der Waals surface area contributed by atoms with Crippen molar-refractivity contribution >= 4 is 17.7 Å². The molecule has 45 heavy (non-hydrogen) atoms. The second-order valence-electron chi connectivity index (χ2n) is 12.7. The molecule has 2 bridgehead atoms. The normalized spacial score (nSPS) is 22.2. The van der Waals surface area contributed by atoms with Crippen molar-refractivity contribution in [3.63, 3.8) is 0 Å². The molecule has 244 valence electrons. The number of phenolic OH excluding ortho intramolecular Hbond substituents is 1. The lowest BCUT2D eigenvalue weighted by atomic mass is 9.72. The number of ether oxygens (including phenoxy) is 6. The zero-order chi connectivity index (χ0) is 33.3. The molecule has 2 aromatic carbocycles. The quantitative estimate of drug-likeness (QED) is 0.451. The van der Waals surface area contributed by atoms with E-state index < -0.39 is 41.3 Å². The first kappa shape index (κ1) is 32.2. The monoisotopic (exact) mass is 626 g/mol. The maximum atomic E-state index is 14.8. The molecular formula is C33H42N2O10. The Bertz CT molecular complexity index is 1590. The Labute approximate surface area is 263 Å². The lowest BCUT2D eigenvalue weighted by Crippen LogP contribution is -2.68. The molecule has 3 aliphatic heterocycles. The second-order valence-corrected chi connectivity index (χ2v) is 12.7. The fourth-order valence-corrected chi connectivity index (χ4v) is 7.24. The average Bonchev–Trinajstić information content (AvgIpc) is 2.99. The smallest absolute Gasteiger partial charge is 0.311 e. The van der Waals surface area contributed by atoms with E-state index >= 15 is 0 Å². The Morgan fingerprint density at radius 2 is 1.36 bits per heavy atom. The molecule has 0 aromatic heterocycles. The summed E-state index contributed by atoms with van der Waals surface area (Å²) in [4.78, 5) is 45.9. The number of esters is 1. The molecule has 1 fully saturated rings. The summed E-state index contributed by atoms with van der Waals surface area (Å²) in [5.41, 5.74) is 1.79. The molecule has 5 rings (SSSR count). The zero-order valence-corrected chi connectivity index (χ0v) is 27.7. The Balaban J connectivity index is 1.84. The summed E-state index contributed by atoms with van der Waals surface area (Å²) >= 11 is 0. The van der Waals surface area contributed by atoms with Gasteiger partial charge in [-0.1, -0.05) is 0 Å². The Morgan fingerprint density at radius 1 is 0.822 bits per heavy atom. The van der Waals surface area contributed by atoms with E-state index in [2.05, 4.69) is 0 Å². The molecule has 1 saturated heterocycles. The third-order valence-electron chi connectivity index (χ3n) is 9.34. The number of fused-ring (bicyclic) bond motifs is 7. The van der Waals surface area contributed by atoms with Gasteiger partial charge in [-0.25, -0.2) is 0 Å². The maximum absolute atomic E-state index is 14.8. The number of ketones is 1. The van der Waals surface area contributed by atoms with Crippen LogP contribution in [0.1, 0.15) is 71.0 Å².